The van der Waals surface area contributed by atoms with E-state index in [1.54, 1.807) is 40.0 Å². The molecule has 0 saturated carbocycles. The first kappa shape index (κ1) is 24.4. The molecule has 3 amide bonds. The predicted octanol–water partition coefficient (Wildman–Crippen LogP) is 2.44. The van der Waals surface area contributed by atoms with Gasteiger partial charge in [-0.1, -0.05) is 12.1 Å². The number of ether oxygens (including phenoxy) is 3. The zero-order chi connectivity index (χ0) is 24.9. The van der Waals surface area contributed by atoms with Gasteiger partial charge in [0.15, 0.2) is 0 Å². The number of carbonyl (C=O) groups is 3. The van der Waals surface area contributed by atoms with Crippen molar-refractivity contribution in [2.75, 3.05) is 58.5 Å². The van der Waals surface area contributed by atoms with Crippen LogP contribution in [0.3, 0.4) is 0 Å². The van der Waals surface area contributed by atoms with Crippen molar-refractivity contribution in [3.8, 4) is 17.2 Å². The van der Waals surface area contributed by atoms with Crippen molar-refractivity contribution in [2.45, 2.75) is 13.3 Å². The highest BCUT2D eigenvalue weighted by Crippen LogP contribution is 2.34. The lowest BCUT2D eigenvalue weighted by Crippen LogP contribution is -2.52. The van der Waals surface area contributed by atoms with Crippen LogP contribution >= 0.6 is 0 Å². The topological polar surface area (TPSA) is 88.6 Å². The summed E-state index contributed by atoms with van der Waals surface area (Å²) in [7, 11) is 3.07. The van der Waals surface area contributed by atoms with Gasteiger partial charge in [-0.2, -0.15) is 0 Å². The number of carbonyl (C=O) groups excluding carboxylic acids is 3. The Morgan fingerprint density at radius 1 is 0.943 bits per heavy atom. The minimum Gasteiger partial charge on any atom is -0.497 e. The zero-order valence-electron chi connectivity index (χ0n) is 20.4. The van der Waals surface area contributed by atoms with Crippen LogP contribution in [0.15, 0.2) is 42.5 Å². The Bertz CT molecular complexity index is 1100. The average molecular weight is 482 g/mol. The summed E-state index contributed by atoms with van der Waals surface area (Å²) in [4.78, 5) is 44.2. The molecule has 2 aromatic carbocycles. The van der Waals surface area contributed by atoms with E-state index in [2.05, 4.69) is 0 Å². The highest BCUT2D eigenvalue weighted by atomic mass is 16.5. The van der Waals surface area contributed by atoms with E-state index in [4.69, 9.17) is 14.2 Å². The number of para-hydroxylation sites is 2. The van der Waals surface area contributed by atoms with E-state index in [0.717, 1.165) is 0 Å². The number of hydrogen-bond donors (Lipinski definition) is 0. The van der Waals surface area contributed by atoms with E-state index in [-0.39, 0.29) is 24.1 Å². The van der Waals surface area contributed by atoms with Crippen molar-refractivity contribution in [3.63, 3.8) is 0 Å². The van der Waals surface area contributed by atoms with Gasteiger partial charge in [0.25, 0.3) is 5.91 Å². The Morgan fingerprint density at radius 2 is 1.66 bits per heavy atom. The van der Waals surface area contributed by atoms with E-state index in [9.17, 15) is 14.4 Å². The smallest absolute Gasteiger partial charge is 0.257 e. The molecule has 186 valence electrons. The van der Waals surface area contributed by atoms with Gasteiger partial charge in [-0.15, -0.1) is 0 Å². The van der Waals surface area contributed by atoms with Crippen LogP contribution in [-0.4, -0.2) is 81.1 Å². The second kappa shape index (κ2) is 10.7. The lowest BCUT2D eigenvalue weighted by Gasteiger charge is -2.36. The molecule has 35 heavy (non-hydrogen) atoms. The molecular weight excluding hydrogens is 450 g/mol. The summed E-state index contributed by atoms with van der Waals surface area (Å²) in [5, 5.41) is 0. The van der Waals surface area contributed by atoms with Gasteiger partial charge >= 0.3 is 0 Å². The number of hydrogen-bond acceptors (Lipinski definition) is 6. The van der Waals surface area contributed by atoms with Gasteiger partial charge in [0, 0.05) is 45.2 Å². The third kappa shape index (κ3) is 5.03. The van der Waals surface area contributed by atoms with Gasteiger partial charge in [0.2, 0.25) is 11.8 Å². The summed E-state index contributed by atoms with van der Waals surface area (Å²) in [5.74, 6) is 0.993. The number of anilines is 1. The Kier molecular flexibility index (Phi) is 7.43. The molecule has 0 spiro atoms. The van der Waals surface area contributed by atoms with Crippen molar-refractivity contribution in [1.82, 2.24) is 9.80 Å². The quantitative estimate of drug-likeness (QED) is 0.604. The molecule has 0 radical (unpaired) electrons. The molecule has 2 heterocycles. The van der Waals surface area contributed by atoms with Gasteiger partial charge in [0.05, 0.1) is 38.0 Å². The number of benzene rings is 2. The summed E-state index contributed by atoms with van der Waals surface area (Å²) in [5.41, 5.74) is 1.15. The number of methoxy groups -OCH3 is 2. The molecule has 1 atom stereocenters. The maximum Gasteiger partial charge on any atom is 0.257 e. The van der Waals surface area contributed by atoms with Crippen LogP contribution in [0.1, 0.15) is 23.7 Å². The zero-order valence-corrected chi connectivity index (χ0v) is 20.4. The average Bonchev–Trinajstić information content (AvgIpc) is 3.29. The monoisotopic (exact) mass is 481 g/mol. The van der Waals surface area contributed by atoms with Crippen LogP contribution < -0.4 is 19.1 Å². The minimum absolute atomic E-state index is 0.0520. The number of nitrogens with zero attached hydrogens (tertiary/aromatic N) is 3. The lowest BCUT2D eigenvalue weighted by atomic mass is 10.1. The molecule has 0 aromatic heterocycles. The SMILES string of the molecule is CCOc1ccccc1N1CC(C(=O)N2CCN(C(=O)c3ccc(OC)cc3OC)CC2)CC1=O. The van der Waals surface area contributed by atoms with Crippen molar-refractivity contribution in [3.05, 3.63) is 48.0 Å². The molecule has 9 heteroatoms. The molecule has 0 bridgehead atoms. The van der Waals surface area contributed by atoms with Crippen molar-refractivity contribution >= 4 is 23.4 Å². The molecule has 0 aliphatic carbocycles. The fourth-order valence-corrected chi connectivity index (χ4v) is 4.60. The Hall–Kier alpha value is -3.75. The molecule has 2 aliphatic heterocycles. The van der Waals surface area contributed by atoms with Gasteiger partial charge < -0.3 is 28.9 Å². The first-order valence-electron chi connectivity index (χ1n) is 11.8. The van der Waals surface area contributed by atoms with Crippen LogP contribution in [0.4, 0.5) is 5.69 Å². The maximum atomic E-state index is 13.2. The fourth-order valence-electron chi connectivity index (χ4n) is 4.60. The molecule has 2 aliphatic rings. The maximum absolute atomic E-state index is 13.2. The van der Waals surface area contributed by atoms with E-state index in [0.29, 0.717) is 67.8 Å². The molecule has 0 N–H and O–H groups in total. The number of amides is 3. The molecule has 2 aromatic rings. The Balaban J connectivity index is 1.38. The van der Waals surface area contributed by atoms with Crippen LogP contribution in [0.25, 0.3) is 0 Å². The standard InChI is InChI=1S/C26H31N3O6/c1-4-35-22-8-6-5-7-21(22)29-17-18(15-24(29)30)25(31)27-11-13-28(14-12-27)26(32)20-10-9-19(33-2)16-23(20)34-3/h5-10,16,18H,4,11-15,17H2,1-3H3. The van der Waals surface area contributed by atoms with Crippen molar-refractivity contribution in [2.24, 2.45) is 5.92 Å². The second-order valence-corrected chi connectivity index (χ2v) is 8.49. The Morgan fingerprint density at radius 3 is 2.34 bits per heavy atom. The second-order valence-electron chi connectivity index (χ2n) is 8.49. The highest BCUT2D eigenvalue weighted by molar-refractivity contribution is 6.01. The summed E-state index contributed by atoms with van der Waals surface area (Å²) >= 11 is 0. The number of rotatable bonds is 7. The van der Waals surface area contributed by atoms with Crippen molar-refractivity contribution < 1.29 is 28.6 Å². The van der Waals surface area contributed by atoms with Gasteiger partial charge in [0.1, 0.15) is 17.2 Å². The molecule has 2 fully saturated rings. The largest absolute Gasteiger partial charge is 0.497 e. The highest BCUT2D eigenvalue weighted by Gasteiger charge is 2.39. The predicted molar refractivity (Wildman–Crippen MR) is 130 cm³/mol. The van der Waals surface area contributed by atoms with Crippen LogP contribution in [0.5, 0.6) is 17.2 Å². The van der Waals surface area contributed by atoms with Gasteiger partial charge in [-0.25, -0.2) is 0 Å². The summed E-state index contributed by atoms with van der Waals surface area (Å²) in [6.07, 6.45) is 0.168. The summed E-state index contributed by atoms with van der Waals surface area (Å²) in [6.45, 7) is 4.38. The van der Waals surface area contributed by atoms with E-state index in [1.165, 1.54) is 7.11 Å². The molecule has 1 unspecified atom stereocenters. The van der Waals surface area contributed by atoms with E-state index in [1.807, 2.05) is 31.2 Å². The fraction of sp³-hybridized carbons (Fsp3) is 0.423. The summed E-state index contributed by atoms with van der Waals surface area (Å²) in [6, 6.07) is 12.5. The number of piperazine rings is 1. The Labute approximate surface area is 205 Å². The molecule has 2 saturated heterocycles. The van der Waals surface area contributed by atoms with E-state index >= 15 is 0 Å². The first-order chi connectivity index (χ1) is 17.0. The third-order valence-electron chi connectivity index (χ3n) is 6.45. The van der Waals surface area contributed by atoms with Crippen LogP contribution in [0, 0.1) is 5.92 Å². The first-order valence-corrected chi connectivity index (χ1v) is 11.8. The third-order valence-corrected chi connectivity index (χ3v) is 6.45. The minimum atomic E-state index is -0.416. The molecule has 9 nitrogen and oxygen atoms in total. The summed E-state index contributed by atoms with van der Waals surface area (Å²) < 4.78 is 16.2. The van der Waals surface area contributed by atoms with Crippen molar-refractivity contribution in [1.29, 1.82) is 0 Å². The van der Waals surface area contributed by atoms with Crippen LogP contribution in [-0.2, 0) is 9.59 Å². The molecular formula is C26H31N3O6. The lowest BCUT2D eigenvalue weighted by molar-refractivity contribution is -0.137. The van der Waals surface area contributed by atoms with Crippen LogP contribution in [0.2, 0.25) is 0 Å². The normalized spacial score (nSPS) is 18.0. The molecule has 4 rings (SSSR count). The van der Waals surface area contributed by atoms with Gasteiger partial charge in [-0.3, -0.25) is 14.4 Å². The van der Waals surface area contributed by atoms with Gasteiger partial charge in [-0.05, 0) is 31.2 Å². The van der Waals surface area contributed by atoms with E-state index < -0.39 is 5.92 Å².